The Morgan fingerprint density at radius 3 is 2.35 bits per heavy atom. The monoisotopic (exact) mass is 464 g/mol. The summed E-state index contributed by atoms with van der Waals surface area (Å²) in [5.41, 5.74) is 0.914. The van der Waals surface area contributed by atoms with Crippen LogP contribution in [0.5, 0.6) is 11.5 Å². The van der Waals surface area contributed by atoms with E-state index in [1.807, 2.05) is 0 Å². The molecule has 0 amide bonds. The van der Waals surface area contributed by atoms with Gasteiger partial charge in [0.25, 0.3) is 0 Å². The Morgan fingerprint density at radius 2 is 1.68 bits per heavy atom. The number of rotatable bonds is 6. The lowest BCUT2D eigenvalue weighted by Crippen LogP contribution is -2.23. The lowest BCUT2D eigenvalue weighted by molar-refractivity contribution is 0.0697. The molecule has 0 spiro atoms. The second-order valence-electron chi connectivity index (χ2n) is 9.43. The maximum Gasteiger partial charge on any atom is 0.335 e. The fourth-order valence-electron chi connectivity index (χ4n) is 5.27. The van der Waals surface area contributed by atoms with Gasteiger partial charge in [0, 0.05) is 12.1 Å². The number of ether oxygens (including phenoxy) is 1. The van der Waals surface area contributed by atoms with E-state index in [1.165, 1.54) is 36.8 Å². The normalized spacial score (nSPS) is 17.2. The highest BCUT2D eigenvalue weighted by molar-refractivity contribution is 5.87. The minimum atomic E-state index is -1.03. The Labute approximate surface area is 197 Å². The predicted molar refractivity (Wildman–Crippen MR) is 130 cm³/mol. The van der Waals surface area contributed by atoms with Gasteiger partial charge in [-0.3, -0.25) is 4.79 Å². The van der Waals surface area contributed by atoms with Gasteiger partial charge in [-0.2, -0.15) is 0 Å². The van der Waals surface area contributed by atoms with Crippen molar-refractivity contribution in [2.45, 2.75) is 69.9 Å². The summed E-state index contributed by atoms with van der Waals surface area (Å²) >= 11 is 0. The van der Waals surface area contributed by atoms with E-state index in [0.717, 1.165) is 51.4 Å². The number of fused-ring (bicyclic) bond motifs is 1. The van der Waals surface area contributed by atoms with Gasteiger partial charge < -0.3 is 19.7 Å². The molecule has 2 aromatic carbocycles. The van der Waals surface area contributed by atoms with Crippen LogP contribution in [-0.2, 0) is 0 Å². The first kappa shape index (κ1) is 22.4. The van der Waals surface area contributed by atoms with Gasteiger partial charge in [-0.15, -0.1) is 0 Å². The zero-order valence-corrected chi connectivity index (χ0v) is 19.1. The zero-order valence-electron chi connectivity index (χ0n) is 19.1. The molecule has 178 valence electrons. The van der Waals surface area contributed by atoms with E-state index in [9.17, 15) is 9.59 Å². The Bertz CT molecular complexity index is 1260. The van der Waals surface area contributed by atoms with Gasteiger partial charge in [0.1, 0.15) is 11.6 Å². The van der Waals surface area contributed by atoms with Crippen LogP contribution >= 0.6 is 0 Å². The van der Waals surface area contributed by atoms with Crippen molar-refractivity contribution in [3.8, 4) is 11.5 Å². The molecule has 6 nitrogen and oxygen atoms in total. The quantitative estimate of drug-likeness (QED) is 0.436. The summed E-state index contributed by atoms with van der Waals surface area (Å²) in [5.74, 6) is -1.00. The molecule has 1 heterocycles. The van der Waals surface area contributed by atoms with Crippen LogP contribution in [0, 0.1) is 5.82 Å². The molecule has 0 saturated heterocycles. The summed E-state index contributed by atoms with van der Waals surface area (Å²) in [7, 11) is 0. The van der Waals surface area contributed by atoms with Crippen molar-refractivity contribution < 1.29 is 19.0 Å². The number of carbonyl (C=O) groups is 1. The van der Waals surface area contributed by atoms with Gasteiger partial charge in [0.2, 0.25) is 5.43 Å². The summed E-state index contributed by atoms with van der Waals surface area (Å²) in [6.07, 6.45) is 11.5. The van der Waals surface area contributed by atoms with E-state index in [-0.39, 0.29) is 28.8 Å². The molecule has 2 N–H and O–H groups in total. The minimum absolute atomic E-state index is 0.106. The first-order chi connectivity index (χ1) is 16.5. The number of aromatic nitrogens is 1. The van der Waals surface area contributed by atoms with Crippen molar-refractivity contribution in [2.75, 3.05) is 5.32 Å². The van der Waals surface area contributed by atoms with Crippen LogP contribution in [0.2, 0.25) is 0 Å². The van der Waals surface area contributed by atoms with E-state index >= 15 is 4.39 Å². The summed E-state index contributed by atoms with van der Waals surface area (Å²) in [6.45, 7) is 0. The molecule has 2 saturated carbocycles. The maximum absolute atomic E-state index is 15.1. The molecule has 3 aromatic rings. The van der Waals surface area contributed by atoms with Gasteiger partial charge in [-0.25, -0.2) is 9.18 Å². The molecule has 0 unspecified atom stereocenters. The lowest BCUT2D eigenvalue weighted by Gasteiger charge is -2.25. The zero-order chi connectivity index (χ0) is 23.7. The average molecular weight is 465 g/mol. The van der Waals surface area contributed by atoms with Crippen LogP contribution in [0.25, 0.3) is 10.9 Å². The molecule has 2 aliphatic carbocycles. The van der Waals surface area contributed by atoms with Crippen LogP contribution in [0.15, 0.2) is 47.4 Å². The first-order valence-electron chi connectivity index (χ1n) is 12.2. The molecule has 2 aliphatic rings. The molecule has 0 radical (unpaired) electrons. The fourth-order valence-corrected chi connectivity index (χ4v) is 5.27. The lowest BCUT2D eigenvalue weighted by atomic mass is 9.95. The Morgan fingerprint density at radius 1 is 1.00 bits per heavy atom. The van der Waals surface area contributed by atoms with Crippen molar-refractivity contribution in [3.05, 3.63) is 64.2 Å². The van der Waals surface area contributed by atoms with Crippen LogP contribution in [0.1, 0.15) is 74.2 Å². The van der Waals surface area contributed by atoms with Gasteiger partial charge >= 0.3 is 5.97 Å². The number of pyridine rings is 1. The Kier molecular flexibility index (Phi) is 6.26. The number of benzene rings is 2. The Balaban J connectivity index is 1.56. The van der Waals surface area contributed by atoms with Crippen molar-refractivity contribution >= 4 is 22.6 Å². The molecular formula is C27H29FN2O4. The van der Waals surface area contributed by atoms with E-state index in [4.69, 9.17) is 9.84 Å². The largest absolute Gasteiger partial charge is 0.478 e. The van der Waals surface area contributed by atoms with Crippen LogP contribution in [-0.4, -0.2) is 21.7 Å². The molecule has 34 heavy (non-hydrogen) atoms. The van der Waals surface area contributed by atoms with Crippen molar-refractivity contribution in [1.29, 1.82) is 0 Å². The number of carboxylic acids is 1. The molecule has 0 atom stereocenters. The number of nitrogens with one attached hydrogen (secondary N) is 1. The number of hydrogen-bond donors (Lipinski definition) is 2. The average Bonchev–Trinajstić information content (AvgIpc) is 3.38. The number of halogens is 1. The molecular weight excluding hydrogens is 435 g/mol. The van der Waals surface area contributed by atoms with Crippen molar-refractivity contribution in [1.82, 2.24) is 4.57 Å². The summed E-state index contributed by atoms with van der Waals surface area (Å²) in [5, 5.41) is 12.8. The third-order valence-corrected chi connectivity index (χ3v) is 7.10. The van der Waals surface area contributed by atoms with Crippen molar-refractivity contribution in [2.24, 2.45) is 0 Å². The van der Waals surface area contributed by atoms with E-state index in [0.29, 0.717) is 22.3 Å². The predicted octanol–water partition coefficient (Wildman–Crippen LogP) is 6.49. The highest BCUT2D eigenvalue weighted by Crippen LogP contribution is 2.35. The van der Waals surface area contributed by atoms with E-state index in [1.54, 1.807) is 12.3 Å². The van der Waals surface area contributed by atoms with Gasteiger partial charge in [-0.05, 0) is 62.1 Å². The number of hydrogen-bond acceptors (Lipinski definition) is 4. The Hall–Kier alpha value is -3.35. The molecule has 0 aliphatic heterocycles. The molecule has 0 bridgehead atoms. The van der Waals surface area contributed by atoms with Gasteiger partial charge in [0.15, 0.2) is 5.75 Å². The van der Waals surface area contributed by atoms with Gasteiger partial charge in [0.05, 0.1) is 28.4 Å². The molecule has 1 aromatic heterocycles. The second-order valence-corrected chi connectivity index (χ2v) is 9.43. The number of nitrogens with zero attached hydrogens (tertiary/aromatic N) is 1. The highest BCUT2D eigenvalue weighted by Gasteiger charge is 2.23. The second kappa shape index (κ2) is 9.49. The third-order valence-electron chi connectivity index (χ3n) is 7.10. The minimum Gasteiger partial charge on any atom is -0.478 e. The fraction of sp³-hybridized carbons (Fsp3) is 0.407. The highest BCUT2D eigenvalue weighted by atomic mass is 19.1. The smallest absolute Gasteiger partial charge is 0.335 e. The van der Waals surface area contributed by atoms with Crippen molar-refractivity contribution in [3.63, 3.8) is 0 Å². The van der Waals surface area contributed by atoms with Gasteiger partial charge in [-0.1, -0.05) is 32.1 Å². The third kappa shape index (κ3) is 4.52. The molecule has 5 rings (SSSR count). The molecule has 2 fully saturated rings. The van der Waals surface area contributed by atoms with E-state index in [2.05, 4.69) is 9.88 Å². The first-order valence-corrected chi connectivity index (χ1v) is 12.2. The van der Waals surface area contributed by atoms with Crippen LogP contribution in [0.3, 0.4) is 0 Å². The topological polar surface area (TPSA) is 80.6 Å². The summed E-state index contributed by atoms with van der Waals surface area (Å²) in [4.78, 5) is 24.4. The van der Waals surface area contributed by atoms with Crippen LogP contribution in [0.4, 0.5) is 10.1 Å². The number of carboxylic acid groups (broad SMARTS) is 1. The standard InChI is InChI=1S/C27H29FN2O4/c28-22-14-21-24(15-23(22)29-18-6-2-1-3-7-18)30(19-8-4-5-9-19)16-25(26(21)31)34-20-12-10-17(11-13-20)27(32)33/h10-16,18-19,29H,1-9H2,(H,32,33). The maximum atomic E-state index is 15.1. The SMILES string of the molecule is O=C(O)c1ccc(Oc2cn(C3CCCC3)c3cc(NC4CCCCC4)c(F)cc3c2=O)cc1. The van der Waals surface area contributed by atoms with Crippen LogP contribution < -0.4 is 15.5 Å². The molecule has 7 heteroatoms. The number of anilines is 1. The number of aromatic carboxylic acids is 1. The van der Waals surface area contributed by atoms with E-state index < -0.39 is 11.8 Å². The summed E-state index contributed by atoms with van der Waals surface area (Å²) in [6, 6.07) is 9.47. The summed E-state index contributed by atoms with van der Waals surface area (Å²) < 4.78 is 23.1.